The first kappa shape index (κ1) is 13.9. The van der Waals surface area contributed by atoms with E-state index in [1.807, 2.05) is 0 Å². The molecular formula is C14H17F2NO2. The molecule has 0 aromatic heterocycles. The fourth-order valence-electron chi connectivity index (χ4n) is 2.18. The molecule has 1 atom stereocenters. The molecule has 1 saturated heterocycles. The van der Waals surface area contributed by atoms with E-state index in [2.05, 4.69) is 5.32 Å². The summed E-state index contributed by atoms with van der Waals surface area (Å²) >= 11 is 0. The molecule has 1 aliphatic rings. The van der Waals surface area contributed by atoms with Crippen molar-refractivity contribution >= 4 is 5.91 Å². The van der Waals surface area contributed by atoms with Crippen LogP contribution in [0.15, 0.2) is 18.2 Å². The molecule has 0 bridgehead atoms. The second-order valence-electron chi connectivity index (χ2n) is 4.78. The van der Waals surface area contributed by atoms with Gasteiger partial charge in [0.2, 0.25) is 5.91 Å². The van der Waals surface area contributed by atoms with Crippen LogP contribution >= 0.6 is 0 Å². The Morgan fingerprint density at radius 3 is 3.00 bits per heavy atom. The molecule has 1 aromatic carbocycles. The Morgan fingerprint density at radius 2 is 2.26 bits per heavy atom. The molecule has 1 amide bonds. The Bertz CT molecular complexity index is 445. The van der Waals surface area contributed by atoms with Crippen molar-refractivity contribution in [3.8, 4) is 0 Å². The molecule has 0 unspecified atom stereocenters. The van der Waals surface area contributed by atoms with Gasteiger partial charge in [0.05, 0.1) is 0 Å². The largest absolute Gasteiger partial charge is 0.381 e. The highest BCUT2D eigenvalue weighted by Gasteiger charge is 2.17. The number of benzene rings is 1. The Labute approximate surface area is 111 Å². The molecule has 1 heterocycles. The van der Waals surface area contributed by atoms with E-state index in [1.54, 1.807) is 0 Å². The maximum Gasteiger partial charge on any atom is 0.220 e. The van der Waals surface area contributed by atoms with Crippen LogP contribution in [0.2, 0.25) is 0 Å². The summed E-state index contributed by atoms with van der Waals surface area (Å²) in [5.74, 6) is -1.72. The summed E-state index contributed by atoms with van der Waals surface area (Å²) in [7, 11) is 0. The van der Waals surface area contributed by atoms with Crippen molar-refractivity contribution in [2.24, 2.45) is 5.92 Å². The van der Waals surface area contributed by atoms with Crippen LogP contribution in [0.5, 0.6) is 0 Å². The Balaban J connectivity index is 1.81. The van der Waals surface area contributed by atoms with Gasteiger partial charge >= 0.3 is 0 Å². The summed E-state index contributed by atoms with van der Waals surface area (Å²) in [5, 5.41) is 2.61. The van der Waals surface area contributed by atoms with Crippen LogP contribution in [0.25, 0.3) is 0 Å². The lowest BCUT2D eigenvalue weighted by atomic mass is 9.98. The van der Waals surface area contributed by atoms with Gasteiger partial charge in [-0.3, -0.25) is 4.79 Å². The van der Waals surface area contributed by atoms with E-state index < -0.39 is 11.6 Å². The van der Waals surface area contributed by atoms with Gasteiger partial charge in [-0.1, -0.05) is 12.1 Å². The van der Waals surface area contributed by atoms with Crippen molar-refractivity contribution in [2.45, 2.75) is 25.8 Å². The predicted molar refractivity (Wildman–Crippen MR) is 66.4 cm³/mol. The van der Waals surface area contributed by atoms with E-state index in [4.69, 9.17) is 4.74 Å². The summed E-state index contributed by atoms with van der Waals surface area (Å²) < 4.78 is 31.6. The molecule has 104 valence electrons. The molecule has 1 aliphatic heterocycles. The molecule has 0 spiro atoms. The molecule has 1 N–H and O–H groups in total. The lowest BCUT2D eigenvalue weighted by molar-refractivity contribution is -0.123. The third-order valence-electron chi connectivity index (χ3n) is 3.24. The lowest BCUT2D eigenvalue weighted by Crippen LogP contribution is -2.28. The summed E-state index contributed by atoms with van der Waals surface area (Å²) in [6, 6.07) is 3.94. The molecule has 5 heteroatoms. The standard InChI is InChI=1S/C14H17F2NO2/c15-12-5-1-4-11(14(12)16)8-17-13(18)7-10-3-2-6-19-9-10/h1,4-5,10H,2-3,6-9H2,(H,17,18)/t10-/m0/s1. The average Bonchev–Trinajstić information content (AvgIpc) is 2.42. The second kappa shape index (κ2) is 6.61. The van der Waals surface area contributed by atoms with Gasteiger partial charge in [-0.15, -0.1) is 0 Å². The number of nitrogens with one attached hydrogen (secondary N) is 1. The van der Waals surface area contributed by atoms with Gasteiger partial charge in [-0.2, -0.15) is 0 Å². The Kier molecular flexibility index (Phi) is 4.85. The minimum atomic E-state index is -0.899. The maximum atomic E-state index is 13.4. The third kappa shape index (κ3) is 3.99. The number of rotatable bonds is 4. The summed E-state index contributed by atoms with van der Waals surface area (Å²) in [5.41, 5.74) is 0.160. The van der Waals surface area contributed by atoms with E-state index in [9.17, 15) is 13.6 Å². The van der Waals surface area contributed by atoms with Crippen molar-refractivity contribution in [3.05, 3.63) is 35.4 Å². The van der Waals surface area contributed by atoms with Gasteiger partial charge in [0, 0.05) is 31.7 Å². The SMILES string of the molecule is O=C(C[C@@H]1CCCOC1)NCc1cccc(F)c1F. The molecule has 19 heavy (non-hydrogen) atoms. The summed E-state index contributed by atoms with van der Waals surface area (Å²) in [4.78, 5) is 11.7. The predicted octanol–water partition coefficient (Wildman–Crippen LogP) is 2.40. The number of amides is 1. The number of hydrogen-bond acceptors (Lipinski definition) is 2. The van der Waals surface area contributed by atoms with Gasteiger partial charge in [-0.05, 0) is 24.8 Å². The van der Waals surface area contributed by atoms with Gasteiger partial charge in [0.1, 0.15) is 0 Å². The first-order chi connectivity index (χ1) is 9.16. The van der Waals surface area contributed by atoms with Gasteiger partial charge < -0.3 is 10.1 Å². The molecule has 0 aliphatic carbocycles. The van der Waals surface area contributed by atoms with Crippen LogP contribution in [-0.4, -0.2) is 19.1 Å². The van der Waals surface area contributed by atoms with Crippen LogP contribution in [0.4, 0.5) is 8.78 Å². The molecule has 1 fully saturated rings. The van der Waals surface area contributed by atoms with E-state index in [0.717, 1.165) is 25.5 Å². The first-order valence-corrected chi connectivity index (χ1v) is 6.44. The van der Waals surface area contributed by atoms with Crippen LogP contribution in [0.3, 0.4) is 0 Å². The van der Waals surface area contributed by atoms with Crippen LogP contribution in [0, 0.1) is 17.6 Å². The van der Waals surface area contributed by atoms with E-state index >= 15 is 0 Å². The number of hydrogen-bond donors (Lipinski definition) is 1. The maximum absolute atomic E-state index is 13.4. The number of carbonyl (C=O) groups is 1. The highest BCUT2D eigenvalue weighted by molar-refractivity contribution is 5.76. The summed E-state index contributed by atoms with van der Waals surface area (Å²) in [6.45, 7) is 1.37. The van der Waals surface area contributed by atoms with Crippen molar-refractivity contribution in [2.75, 3.05) is 13.2 Å². The van der Waals surface area contributed by atoms with Crippen LogP contribution in [-0.2, 0) is 16.1 Å². The minimum Gasteiger partial charge on any atom is -0.381 e. The number of ether oxygens (including phenoxy) is 1. The molecule has 3 nitrogen and oxygen atoms in total. The topological polar surface area (TPSA) is 38.3 Å². The molecule has 1 aromatic rings. The zero-order chi connectivity index (χ0) is 13.7. The second-order valence-corrected chi connectivity index (χ2v) is 4.78. The first-order valence-electron chi connectivity index (χ1n) is 6.44. The fourth-order valence-corrected chi connectivity index (χ4v) is 2.18. The van der Waals surface area contributed by atoms with E-state index in [0.29, 0.717) is 13.0 Å². The van der Waals surface area contributed by atoms with Crippen molar-refractivity contribution in [3.63, 3.8) is 0 Å². The van der Waals surface area contributed by atoms with Gasteiger partial charge in [0.25, 0.3) is 0 Å². The quantitative estimate of drug-likeness (QED) is 0.911. The van der Waals surface area contributed by atoms with Crippen molar-refractivity contribution < 1.29 is 18.3 Å². The monoisotopic (exact) mass is 269 g/mol. The normalized spacial score (nSPS) is 19.2. The zero-order valence-electron chi connectivity index (χ0n) is 10.6. The van der Waals surface area contributed by atoms with Crippen molar-refractivity contribution in [1.29, 1.82) is 0 Å². The molecule has 0 saturated carbocycles. The van der Waals surface area contributed by atoms with E-state index in [1.165, 1.54) is 12.1 Å². The van der Waals surface area contributed by atoms with Crippen molar-refractivity contribution in [1.82, 2.24) is 5.32 Å². The summed E-state index contributed by atoms with van der Waals surface area (Å²) in [6.07, 6.45) is 2.31. The highest BCUT2D eigenvalue weighted by atomic mass is 19.2. The highest BCUT2D eigenvalue weighted by Crippen LogP contribution is 2.17. The minimum absolute atomic E-state index is 0.00992. The average molecular weight is 269 g/mol. The van der Waals surface area contributed by atoms with Crippen LogP contribution in [0.1, 0.15) is 24.8 Å². The number of carbonyl (C=O) groups excluding carboxylic acids is 1. The third-order valence-corrected chi connectivity index (χ3v) is 3.24. The Morgan fingerprint density at radius 1 is 1.42 bits per heavy atom. The smallest absolute Gasteiger partial charge is 0.220 e. The molecular weight excluding hydrogens is 252 g/mol. The Hall–Kier alpha value is -1.49. The van der Waals surface area contributed by atoms with Gasteiger partial charge in [0.15, 0.2) is 11.6 Å². The number of halogens is 2. The lowest BCUT2D eigenvalue weighted by Gasteiger charge is -2.21. The zero-order valence-corrected chi connectivity index (χ0v) is 10.6. The fraction of sp³-hybridized carbons (Fsp3) is 0.500. The van der Waals surface area contributed by atoms with Gasteiger partial charge in [-0.25, -0.2) is 8.78 Å². The molecule has 2 rings (SSSR count). The van der Waals surface area contributed by atoms with E-state index in [-0.39, 0.29) is 23.9 Å². The molecule has 0 radical (unpaired) electrons. The van der Waals surface area contributed by atoms with Crippen LogP contribution < -0.4 is 5.32 Å².